The average molecular weight is 246 g/mol. The first-order valence-corrected chi connectivity index (χ1v) is 6.70. The van der Waals surface area contributed by atoms with Crippen LogP contribution in [0.4, 0.5) is 0 Å². The zero-order chi connectivity index (χ0) is 11.5. The Morgan fingerprint density at radius 3 is 3.12 bits per heavy atom. The van der Waals surface area contributed by atoms with Gasteiger partial charge in [-0.2, -0.15) is 0 Å². The highest BCUT2D eigenvalue weighted by molar-refractivity contribution is 6.30. The molecule has 0 aromatic carbocycles. The third-order valence-electron chi connectivity index (χ3n) is 3.74. The minimum Gasteiger partial charge on any atom is -0.379 e. The van der Waals surface area contributed by atoms with Crippen molar-refractivity contribution < 1.29 is 9.53 Å². The molecule has 2 aliphatic rings. The van der Waals surface area contributed by atoms with Crippen molar-refractivity contribution in [2.24, 2.45) is 5.92 Å². The number of carbonyl (C=O) groups excluding carboxylic acids is 1. The number of fused-ring (bicyclic) bond motifs is 1. The van der Waals surface area contributed by atoms with Crippen LogP contribution in [0.15, 0.2) is 0 Å². The van der Waals surface area contributed by atoms with E-state index in [0.717, 1.165) is 13.0 Å². The summed E-state index contributed by atoms with van der Waals surface area (Å²) in [6, 6.07) is 0.378. The van der Waals surface area contributed by atoms with Crippen molar-refractivity contribution in [1.82, 2.24) is 4.90 Å². The number of nitrogens with zero attached hydrogens (tertiary/aromatic N) is 1. The maximum atomic E-state index is 12.2. The lowest BCUT2D eigenvalue weighted by molar-refractivity contribution is -0.133. The van der Waals surface area contributed by atoms with Crippen LogP contribution >= 0.6 is 11.6 Å². The Morgan fingerprint density at radius 2 is 2.38 bits per heavy atom. The maximum absolute atomic E-state index is 12.2. The average Bonchev–Trinajstić information content (AvgIpc) is 2.67. The summed E-state index contributed by atoms with van der Waals surface area (Å²) in [6.45, 7) is 4.14. The van der Waals surface area contributed by atoms with Gasteiger partial charge in [-0.25, -0.2) is 0 Å². The van der Waals surface area contributed by atoms with Crippen molar-refractivity contribution in [3.63, 3.8) is 0 Å². The van der Waals surface area contributed by atoms with Crippen molar-refractivity contribution in [2.45, 2.75) is 44.0 Å². The van der Waals surface area contributed by atoms with Gasteiger partial charge < -0.3 is 9.64 Å². The molecule has 0 spiro atoms. The third-order valence-corrected chi connectivity index (χ3v) is 4.23. The van der Waals surface area contributed by atoms with Gasteiger partial charge in [0.05, 0.1) is 13.2 Å². The molecule has 1 aliphatic heterocycles. The molecule has 1 amide bonds. The van der Waals surface area contributed by atoms with E-state index in [2.05, 4.69) is 0 Å². The topological polar surface area (TPSA) is 29.5 Å². The van der Waals surface area contributed by atoms with Gasteiger partial charge in [0.2, 0.25) is 5.91 Å². The van der Waals surface area contributed by atoms with Gasteiger partial charge in [-0.05, 0) is 19.3 Å². The summed E-state index contributed by atoms with van der Waals surface area (Å²) in [5, 5.41) is -0.362. The number of carbonyl (C=O) groups is 1. The highest BCUT2D eigenvalue weighted by Crippen LogP contribution is 2.32. The predicted octanol–water partition coefficient (Wildman–Crippen LogP) is 2.03. The normalized spacial score (nSPS) is 32.0. The number of rotatable bonds is 2. The predicted molar refractivity (Wildman–Crippen MR) is 63.6 cm³/mol. The zero-order valence-corrected chi connectivity index (χ0v) is 10.6. The van der Waals surface area contributed by atoms with Crippen LogP contribution in [0, 0.1) is 5.92 Å². The molecule has 0 bridgehead atoms. The summed E-state index contributed by atoms with van der Waals surface area (Å²) in [4.78, 5) is 14.1. The lowest BCUT2D eigenvalue weighted by Gasteiger charge is -2.31. The van der Waals surface area contributed by atoms with Crippen molar-refractivity contribution >= 4 is 17.5 Å². The Morgan fingerprint density at radius 1 is 1.56 bits per heavy atom. The van der Waals surface area contributed by atoms with Crippen molar-refractivity contribution in [2.75, 3.05) is 19.8 Å². The fraction of sp³-hybridized carbons (Fsp3) is 0.917. The van der Waals surface area contributed by atoms with Crippen LogP contribution in [0.3, 0.4) is 0 Å². The second-order valence-electron chi connectivity index (χ2n) is 4.74. The van der Waals surface area contributed by atoms with E-state index in [1.807, 2.05) is 11.8 Å². The van der Waals surface area contributed by atoms with Gasteiger partial charge in [0.15, 0.2) is 0 Å². The van der Waals surface area contributed by atoms with Crippen molar-refractivity contribution in [3.05, 3.63) is 0 Å². The third kappa shape index (κ3) is 2.35. The number of ether oxygens (including phenoxy) is 1. The monoisotopic (exact) mass is 245 g/mol. The number of hydrogen-bond donors (Lipinski definition) is 0. The molecular formula is C12H20ClNO2. The lowest BCUT2D eigenvalue weighted by atomic mass is 10.0. The molecule has 0 aromatic rings. The molecule has 1 saturated heterocycles. The minimum absolute atomic E-state index is 0.103. The fourth-order valence-corrected chi connectivity index (χ4v) is 2.94. The molecule has 1 aliphatic carbocycles. The van der Waals surface area contributed by atoms with E-state index >= 15 is 0 Å². The van der Waals surface area contributed by atoms with Crippen LogP contribution < -0.4 is 0 Å². The molecular weight excluding hydrogens is 226 g/mol. The van der Waals surface area contributed by atoms with Crippen molar-refractivity contribution in [3.8, 4) is 0 Å². The van der Waals surface area contributed by atoms with Crippen LogP contribution in [-0.2, 0) is 9.53 Å². The molecule has 1 saturated carbocycles. The summed E-state index contributed by atoms with van der Waals surface area (Å²) >= 11 is 6.06. The Bertz CT molecular complexity index is 259. The van der Waals surface area contributed by atoms with Crippen LogP contribution in [0.5, 0.6) is 0 Å². The quantitative estimate of drug-likeness (QED) is 0.697. The van der Waals surface area contributed by atoms with Crippen LogP contribution in [0.1, 0.15) is 32.6 Å². The van der Waals surface area contributed by atoms with E-state index in [9.17, 15) is 4.79 Å². The molecule has 0 N–H and O–H groups in total. The highest BCUT2D eigenvalue weighted by atomic mass is 35.5. The Kier molecular flexibility index (Phi) is 4.09. The Balaban J connectivity index is 2.08. The molecule has 0 aromatic heterocycles. The molecule has 3 atom stereocenters. The fourth-order valence-electron chi connectivity index (χ4n) is 2.81. The van der Waals surface area contributed by atoms with Gasteiger partial charge in [0.25, 0.3) is 0 Å². The van der Waals surface area contributed by atoms with Crippen molar-refractivity contribution in [1.29, 1.82) is 0 Å². The smallest absolute Gasteiger partial charge is 0.240 e. The largest absolute Gasteiger partial charge is 0.379 e. The van der Waals surface area contributed by atoms with Crippen LogP contribution in [-0.4, -0.2) is 42.0 Å². The van der Waals surface area contributed by atoms with E-state index in [0.29, 0.717) is 31.5 Å². The summed E-state index contributed by atoms with van der Waals surface area (Å²) < 4.78 is 5.57. The van der Waals surface area contributed by atoms with E-state index in [1.165, 1.54) is 12.8 Å². The second kappa shape index (κ2) is 5.37. The standard InChI is InChI=1S/C12H20ClNO2/c1-2-10(13)12(15)14-6-7-16-8-9-4-3-5-11(9)14/h9-11H,2-8H2,1H3. The van der Waals surface area contributed by atoms with E-state index in [1.54, 1.807) is 0 Å². The van der Waals surface area contributed by atoms with Gasteiger partial charge in [0, 0.05) is 18.5 Å². The molecule has 16 heavy (non-hydrogen) atoms. The molecule has 0 radical (unpaired) electrons. The van der Waals surface area contributed by atoms with Gasteiger partial charge in [-0.1, -0.05) is 13.3 Å². The number of amides is 1. The maximum Gasteiger partial charge on any atom is 0.240 e. The van der Waals surface area contributed by atoms with Gasteiger partial charge >= 0.3 is 0 Å². The van der Waals surface area contributed by atoms with Gasteiger partial charge in [-0.15, -0.1) is 11.6 Å². The van der Waals surface area contributed by atoms with E-state index in [-0.39, 0.29) is 11.3 Å². The molecule has 3 nitrogen and oxygen atoms in total. The number of halogens is 1. The molecule has 2 rings (SSSR count). The molecule has 1 heterocycles. The second-order valence-corrected chi connectivity index (χ2v) is 5.27. The van der Waals surface area contributed by atoms with Crippen LogP contribution in [0.25, 0.3) is 0 Å². The Hall–Kier alpha value is -0.280. The zero-order valence-electron chi connectivity index (χ0n) is 9.82. The molecule has 3 unspecified atom stereocenters. The molecule has 2 fully saturated rings. The van der Waals surface area contributed by atoms with E-state index in [4.69, 9.17) is 16.3 Å². The molecule has 92 valence electrons. The summed E-state index contributed by atoms with van der Waals surface area (Å²) in [6.07, 6.45) is 4.22. The first kappa shape index (κ1) is 12.2. The van der Waals surface area contributed by atoms with Gasteiger partial charge in [-0.3, -0.25) is 4.79 Å². The SMILES string of the molecule is CCC(Cl)C(=O)N1CCOCC2CCCC21. The first-order chi connectivity index (χ1) is 7.74. The Labute approximate surface area is 102 Å². The van der Waals surface area contributed by atoms with Gasteiger partial charge in [0.1, 0.15) is 5.38 Å². The van der Waals surface area contributed by atoms with Crippen LogP contribution in [0.2, 0.25) is 0 Å². The minimum atomic E-state index is -0.362. The molecule has 4 heteroatoms. The lowest BCUT2D eigenvalue weighted by Crippen LogP contribution is -2.46. The summed E-state index contributed by atoms with van der Waals surface area (Å²) in [5.41, 5.74) is 0. The number of alkyl halides is 1. The number of hydrogen-bond acceptors (Lipinski definition) is 2. The summed E-state index contributed by atoms with van der Waals surface area (Å²) in [7, 11) is 0. The first-order valence-electron chi connectivity index (χ1n) is 6.26. The summed E-state index contributed by atoms with van der Waals surface area (Å²) in [5.74, 6) is 0.638. The van der Waals surface area contributed by atoms with E-state index < -0.39 is 0 Å². The highest BCUT2D eigenvalue weighted by Gasteiger charge is 2.37.